The smallest absolute Gasteiger partial charge is 0.410 e. The van der Waals surface area contributed by atoms with Gasteiger partial charge in [0.15, 0.2) is 12.6 Å². The summed E-state index contributed by atoms with van der Waals surface area (Å²) < 4.78 is 58.8. The van der Waals surface area contributed by atoms with Gasteiger partial charge in [0.1, 0.15) is 42.3 Å². The van der Waals surface area contributed by atoms with E-state index in [4.69, 9.17) is 45.5 Å². The Morgan fingerprint density at radius 3 is 2.14 bits per heavy atom. The molecule has 1 spiro atoms. The molecule has 0 radical (unpaired) electrons. The fourth-order valence-electron chi connectivity index (χ4n) is 18.5. The van der Waals surface area contributed by atoms with Crippen molar-refractivity contribution in [3.63, 3.8) is 0 Å². The second-order valence-corrected chi connectivity index (χ2v) is 37.4. The molecule has 5 aliphatic heterocycles. The number of hydrogen-bond acceptors (Lipinski definition) is 14. The first kappa shape index (κ1) is 67.8. The van der Waals surface area contributed by atoms with Crippen molar-refractivity contribution in [1.82, 2.24) is 39.9 Å². The number of carbonyl (C=O) groups excluding carboxylic acids is 4. The van der Waals surface area contributed by atoms with Crippen molar-refractivity contribution in [2.24, 2.45) is 22.2 Å². The van der Waals surface area contributed by atoms with Crippen molar-refractivity contribution < 1.29 is 46.9 Å². The number of aromatic nitrogens is 3. The van der Waals surface area contributed by atoms with Crippen LogP contribution in [-0.4, -0.2) is 177 Å². The van der Waals surface area contributed by atoms with Crippen LogP contribution in [0.1, 0.15) is 155 Å². The van der Waals surface area contributed by atoms with Gasteiger partial charge in [-0.15, -0.1) is 5.54 Å². The number of ether oxygens (including phenoxy) is 4. The Kier molecular flexibility index (Phi) is 18.7. The van der Waals surface area contributed by atoms with Gasteiger partial charge in [-0.3, -0.25) is 29.7 Å². The van der Waals surface area contributed by atoms with E-state index < -0.39 is 31.3 Å². The number of benzene rings is 3. The van der Waals surface area contributed by atoms with Crippen LogP contribution in [0.5, 0.6) is 11.8 Å². The minimum Gasteiger partial charge on any atom is -0.468 e. The number of urea groups is 1. The Labute approximate surface area is 569 Å². The molecular weight excluding hydrogens is 1260 g/mol. The molecule has 9 fully saturated rings. The Balaban J connectivity index is 0.669. The van der Waals surface area contributed by atoms with Gasteiger partial charge in [-0.25, -0.2) is 18.4 Å². The lowest BCUT2D eigenvalue weighted by molar-refractivity contribution is -0.229. The number of hydrogen-bond donors (Lipinski definition) is 1. The molecule has 4 aliphatic carbocycles. The summed E-state index contributed by atoms with van der Waals surface area (Å²) in [5, 5.41) is 4.14. The van der Waals surface area contributed by atoms with E-state index in [1.54, 1.807) is 42.6 Å². The summed E-state index contributed by atoms with van der Waals surface area (Å²) in [7, 11) is -0.824. The molecule has 7 heterocycles. The second-order valence-electron chi connectivity index (χ2n) is 31.4. The molecule has 18 nitrogen and oxygen atoms in total. The third kappa shape index (κ3) is 13.2. The number of carbonyl (C=O) groups is 4. The summed E-state index contributed by atoms with van der Waals surface area (Å²) in [6.45, 7) is 28.2. The fraction of sp³-hybridized carbons (Fsp3) is 0.608. The lowest BCUT2D eigenvalue weighted by atomic mass is 9.35. The number of nitrogens with zero attached hydrogens (tertiary/aromatic N) is 9. The number of methoxy groups -OCH3 is 1. The maximum Gasteiger partial charge on any atom is 0.410 e. The van der Waals surface area contributed by atoms with Gasteiger partial charge >= 0.3 is 18.1 Å². The highest BCUT2D eigenvalue weighted by Crippen LogP contribution is 2.73. The van der Waals surface area contributed by atoms with E-state index >= 15 is 8.78 Å². The van der Waals surface area contributed by atoms with Crippen LogP contribution in [0, 0.1) is 45.3 Å². The number of halogens is 3. The molecule has 9 aliphatic rings. The Bertz CT molecular complexity index is 3850. The molecule has 5 amide bonds. The monoisotopic (exact) mass is 1350 g/mol. The summed E-state index contributed by atoms with van der Waals surface area (Å²) in [6, 6.07) is 10.9. The lowest BCUT2D eigenvalue weighted by Crippen LogP contribution is -2.68. The van der Waals surface area contributed by atoms with E-state index in [2.05, 4.69) is 73.0 Å². The SMILES string of the molecule is COCOc1cc(-c2ncc3c(N4CC5CCC(C4)N5C(=O)OC(C)(C)C)nc(OCC45CC(CN6CCN(CC7CCC8(CC7)CCN(C(=O)c7ccc(Cl)c(N9CCC(=O)NC9=O)c7)CC8)CC6)(C4)C5)nc3c2F)c2c(C#C[Si](C(C)C)(C(C)C)C(C)C)c(F)ccc2c1. The summed E-state index contributed by atoms with van der Waals surface area (Å²) in [4.78, 5) is 79.5. The van der Waals surface area contributed by atoms with Crippen LogP contribution >= 0.6 is 11.6 Å². The quantitative estimate of drug-likeness (QED) is 0.0529. The second kappa shape index (κ2) is 26.5. The van der Waals surface area contributed by atoms with Gasteiger partial charge in [0, 0.05) is 114 Å². The topological polar surface area (TPSA) is 175 Å². The standard InChI is InChI=1S/C74H95ClF2N10O8Si/c1-46(2)96(47(3)4,48(5)6)32-20-55-59(76)16-12-50-33-54(94-45-92-10)35-56(62(50)55)64-63(77)65-57(36-78-64)66(85-38-52-13-14-53(39-85)87(52)70(91)95-71(7,8)9)81-68(80-65)93-44-74-40-73(41-74,42-74)43-83-30-28-82(29-31-83)37-49-17-21-72(22-18-49)23-26-84(27-24-72)67(89)51-11-15-58(75)60(34-51)86-25-19-61(88)79-69(86)90/h11-12,15-16,33-36,46-49,52-53H,13-14,17-19,21-31,37-45H2,1-10H3,(H,79,88,90). The molecule has 1 N–H and O–H groups in total. The van der Waals surface area contributed by atoms with E-state index in [9.17, 15) is 19.2 Å². The molecular formula is C74H95ClF2N10O8Si. The van der Waals surface area contributed by atoms with Crippen LogP contribution in [0.4, 0.5) is 29.9 Å². The van der Waals surface area contributed by atoms with Gasteiger partial charge in [-0.2, -0.15) is 9.97 Å². The Morgan fingerprint density at radius 2 is 1.49 bits per heavy atom. The lowest BCUT2D eigenvalue weighted by Gasteiger charge is -2.71. The number of rotatable bonds is 17. The molecule has 2 atom stereocenters. The van der Waals surface area contributed by atoms with E-state index in [1.165, 1.54) is 43.8 Å². The highest BCUT2D eigenvalue weighted by Gasteiger charge is 2.68. The first-order valence-electron chi connectivity index (χ1n) is 35.1. The molecule has 96 heavy (non-hydrogen) atoms. The number of fused-ring (bicyclic) bond motifs is 4. The summed E-state index contributed by atoms with van der Waals surface area (Å²) in [5.41, 5.74) is 5.87. The summed E-state index contributed by atoms with van der Waals surface area (Å²) in [6.07, 6.45) is 13.0. The highest BCUT2D eigenvalue weighted by molar-refractivity contribution is 6.90. The number of anilines is 2. The maximum absolute atomic E-state index is 18.3. The zero-order chi connectivity index (χ0) is 67.8. The third-order valence-electron chi connectivity index (χ3n) is 23.1. The van der Waals surface area contributed by atoms with Crippen LogP contribution in [-0.2, 0) is 14.3 Å². The minimum absolute atomic E-state index is 0.0201. The molecule has 3 aromatic carbocycles. The Hall–Kier alpha value is -6.70. The zero-order valence-corrected chi connectivity index (χ0v) is 59.4. The number of nitrogens with one attached hydrogen (secondary N) is 1. The summed E-state index contributed by atoms with van der Waals surface area (Å²) in [5.74, 6) is 3.35. The first-order chi connectivity index (χ1) is 45.8. The van der Waals surface area contributed by atoms with Gasteiger partial charge in [-0.05, 0) is 167 Å². The molecule has 22 heteroatoms. The predicted molar refractivity (Wildman–Crippen MR) is 371 cm³/mol. The number of piperazine rings is 2. The molecule has 2 aromatic heterocycles. The van der Waals surface area contributed by atoms with Crippen molar-refractivity contribution in [1.29, 1.82) is 0 Å². The van der Waals surface area contributed by atoms with Crippen LogP contribution in [0.2, 0.25) is 21.6 Å². The number of piperidine rings is 1. The molecule has 2 unspecified atom stereocenters. The van der Waals surface area contributed by atoms with Gasteiger partial charge in [0.05, 0.1) is 40.4 Å². The normalized spacial score (nSPS) is 24.0. The van der Waals surface area contributed by atoms with E-state index in [1.807, 2.05) is 30.6 Å². The number of amides is 5. The number of likely N-dealkylation sites (tertiary alicyclic amines) is 1. The van der Waals surface area contributed by atoms with Crippen molar-refractivity contribution in [3.05, 3.63) is 76.4 Å². The first-order valence-corrected chi connectivity index (χ1v) is 37.7. The molecule has 14 rings (SSSR count). The van der Waals surface area contributed by atoms with Crippen LogP contribution in [0.15, 0.2) is 48.7 Å². The molecule has 514 valence electrons. The summed E-state index contributed by atoms with van der Waals surface area (Å²) >= 11 is 6.50. The van der Waals surface area contributed by atoms with E-state index in [0.717, 1.165) is 84.2 Å². The minimum atomic E-state index is -2.35. The predicted octanol–water partition coefficient (Wildman–Crippen LogP) is 13.6. The van der Waals surface area contributed by atoms with Gasteiger partial charge in [-0.1, -0.05) is 65.1 Å². The molecule has 4 saturated carbocycles. The van der Waals surface area contributed by atoms with Crippen molar-refractivity contribution in [2.75, 3.05) is 102 Å². The van der Waals surface area contributed by atoms with E-state index in [0.29, 0.717) is 105 Å². The van der Waals surface area contributed by atoms with Gasteiger partial charge < -0.3 is 38.5 Å². The third-order valence-corrected chi connectivity index (χ3v) is 29.7. The van der Waals surface area contributed by atoms with Crippen LogP contribution in [0.3, 0.4) is 0 Å². The van der Waals surface area contributed by atoms with Crippen molar-refractivity contribution >= 4 is 76.8 Å². The number of pyridine rings is 1. The molecule has 5 aromatic rings. The largest absolute Gasteiger partial charge is 0.468 e. The van der Waals surface area contributed by atoms with Gasteiger partial charge in [0.25, 0.3) is 5.91 Å². The van der Waals surface area contributed by atoms with Crippen molar-refractivity contribution in [2.45, 2.75) is 174 Å². The average molecular weight is 1350 g/mol. The molecule has 4 bridgehead atoms. The van der Waals surface area contributed by atoms with E-state index in [-0.39, 0.29) is 88.8 Å². The number of imide groups is 1. The Morgan fingerprint density at radius 1 is 0.812 bits per heavy atom. The van der Waals surface area contributed by atoms with Gasteiger partial charge in [0.2, 0.25) is 5.91 Å². The maximum atomic E-state index is 18.3. The molecule has 5 saturated heterocycles. The average Bonchev–Trinajstić information content (AvgIpc) is 0.766. The van der Waals surface area contributed by atoms with Crippen LogP contribution < -0.4 is 24.6 Å². The zero-order valence-electron chi connectivity index (χ0n) is 57.7. The fourth-order valence-corrected chi connectivity index (χ4v) is 23.9. The highest BCUT2D eigenvalue weighted by atomic mass is 35.5. The van der Waals surface area contributed by atoms with Crippen LogP contribution in [0.25, 0.3) is 32.9 Å². The van der Waals surface area contributed by atoms with Crippen molar-refractivity contribution in [3.8, 4) is 34.5 Å².